The molecule has 2 aliphatic rings. The molecule has 100 valence electrons. The summed E-state index contributed by atoms with van der Waals surface area (Å²) in [5.74, 6) is 1.75. The van der Waals surface area contributed by atoms with Crippen LogP contribution in [-0.4, -0.2) is 37.1 Å². The van der Waals surface area contributed by atoms with E-state index in [2.05, 4.69) is 37.9 Å². The molecule has 3 unspecified atom stereocenters. The zero-order valence-electron chi connectivity index (χ0n) is 12.1. The van der Waals surface area contributed by atoms with E-state index in [4.69, 9.17) is 0 Å². The van der Waals surface area contributed by atoms with Crippen molar-refractivity contribution >= 4 is 0 Å². The molecule has 1 aliphatic carbocycles. The lowest BCUT2D eigenvalue weighted by Gasteiger charge is -2.21. The van der Waals surface area contributed by atoms with E-state index in [9.17, 15) is 0 Å². The minimum atomic E-state index is 0.558. The first kappa shape index (κ1) is 13.4. The second-order valence-electron chi connectivity index (χ2n) is 7.11. The van der Waals surface area contributed by atoms with Crippen molar-refractivity contribution in [2.75, 3.05) is 26.2 Å². The van der Waals surface area contributed by atoms with Crippen molar-refractivity contribution in [1.29, 1.82) is 0 Å². The predicted molar refractivity (Wildman–Crippen MR) is 74.2 cm³/mol. The number of rotatable bonds is 4. The third-order valence-electron chi connectivity index (χ3n) is 4.82. The van der Waals surface area contributed by atoms with E-state index >= 15 is 0 Å². The average molecular weight is 238 g/mol. The summed E-state index contributed by atoms with van der Waals surface area (Å²) in [7, 11) is 0. The maximum atomic E-state index is 3.85. The summed E-state index contributed by atoms with van der Waals surface area (Å²) in [5, 5.41) is 3.85. The fraction of sp³-hybridized carbons (Fsp3) is 1.00. The summed E-state index contributed by atoms with van der Waals surface area (Å²) in [6, 6.07) is 0.765. The molecule has 0 amide bonds. The van der Waals surface area contributed by atoms with Gasteiger partial charge in [-0.05, 0) is 56.1 Å². The fourth-order valence-electron chi connectivity index (χ4n) is 3.85. The van der Waals surface area contributed by atoms with Gasteiger partial charge in [-0.2, -0.15) is 0 Å². The van der Waals surface area contributed by atoms with Gasteiger partial charge in [-0.3, -0.25) is 0 Å². The van der Waals surface area contributed by atoms with Gasteiger partial charge in [0.1, 0.15) is 0 Å². The van der Waals surface area contributed by atoms with E-state index < -0.39 is 0 Å². The molecule has 1 heterocycles. The van der Waals surface area contributed by atoms with Crippen LogP contribution in [0.15, 0.2) is 0 Å². The minimum absolute atomic E-state index is 0.558. The van der Waals surface area contributed by atoms with Crippen molar-refractivity contribution in [1.82, 2.24) is 10.2 Å². The Morgan fingerprint density at radius 2 is 2.06 bits per heavy atom. The van der Waals surface area contributed by atoms with Crippen LogP contribution < -0.4 is 5.32 Å². The van der Waals surface area contributed by atoms with Crippen molar-refractivity contribution in [3.05, 3.63) is 0 Å². The molecule has 0 bridgehead atoms. The van der Waals surface area contributed by atoms with Crippen LogP contribution in [0.5, 0.6) is 0 Å². The van der Waals surface area contributed by atoms with Crippen LogP contribution >= 0.6 is 0 Å². The molecular formula is C15H30N2. The van der Waals surface area contributed by atoms with Crippen LogP contribution in [-0.2, 0) is 0 Å². The van der Waals surface area contributed by atoms with Gasteiger partial charge in [0.25, 0.3) is 0 Å². The summed E-state index contributed by atoms with van der Waals surface area (Å²) < 4.78 is 0. The molecule has 0 aromatic heterocycles. The van der Waals surface area contributed by atoms with E-state index in [1.54, 1.807) is 0 Å². The van der Waals surface area contributed by atoms with Gasteiger partial charge in [0.2, 0.25) is 0 Å². The highest BCUT2D eigenvalue weighted by molar-refractivity contribution is 4.91. The van der Waals surface area contributed by atoms with Gasteiger partial charge in [0.15, 0.2) is 0 Å². The number of likely N-dealkylation sites (tertiary alicyclic amines) is 1. The topological polar surface area (TPSA) is 15.3 Å². The van der Waals surface area contributed by atoms with Crippen molar-refractivity contribution in [3.63, 3.8) is 0 Å². The highest BCUT2D eigenvalue weighted by Crippen LogP contribution is 2.40. The molecule has 0 aromatic carbocycles. The zero-order valence-corrected chi connectivity index (χ0v) is 12.1. The van der Waals surface area contributed by atoms with Gasteiger partial charge < -0.3 is 10.2 Å². The molecule has 0 aromatic rings. The molecule has 17 heavy (non-hydrogen) atoms. The Kier molecular flexibility index (Phi) is 4.14. The molecule has 1 saturated carbocycles. The van der Waals surface area contributed by atoms with E-state index in [1.807, 2.05) is 0 Å². The molecule has 2 nitrogen and oxygen atoms in total. The minimum Gasteiger partial charge on any atom is -0.313 e. The van der Waals surface area contributed by atoms with Gasteiger partial charge in [0, 0.05) is 12.6 Å². The van der Waals surface area contributed by atoms with Crippen LogP contribution in [0, 0.1) is 17.3 Å². The number of nitrogens with zero attached hydrogens (tertiary/aromatic N) is 1. The summed E-state index contributed by atoms with van der Waals surface area (Å²) in [4.78, 5) is 2.58. The fourth-order valence-corrected chi connectivity index (χ4v) is 3.85. The normalized spacial score (nSPS) is 37.8. The van der Waals surface area contributed by atoms with E-state index in [0.717, 1.165) is 17.9 Å². The Bertz CT molecular complexity index is 249. The average Bonchev–Trinajstić information content (AvgIpc) is 2.79. The van der Waals surface area contributed by atoms with Gasteiger partial charge >= 0.3 is 0 Å². The summed E-state index contributed by atoms with van der Waals surface area (Å²) >= 11 is 0. The monoisotopic (exact) mass is 238 g/mol. The summed E-state index contributed by atoms with van der Waals surface area (Å²) in [6.45, 7) is 14.6. The smallest absolute Gasteiger partial charge is 0.00980 e. The lowest BCUT2D eigenvalue weighted by molar-refractivity contribution is 0.326. The Morgan fingerprint density at radius 3 is 2.59 bits per heavy atom. The first-order valence-corrected chi connectivity index (χ1v) is 7.46. The molecule has 0 spiro atoms. The zero-order chi connectivity index (χ0) is 12.5. The Hall–Kier alpha value is -0.0800. The van der Waals surface area contributed by atoms with E-state index in [1.165, 1.54) is 45.4 Å². The van der Waals surface area contributed by atoms with Crippen LogP contribution in [0.4, 0.5) is 0 Å². The third-order valence-corrected chi connectivity index (χ3v) is 4.82. The summed E-state index contributed by atoms with van der Waals surface area (Å²) in [6.07, 6.45) is 4.14. The Labute approximate surface area is 107 Å². The van der Waals surface area contributed by atoms with E-state index in [0.29, 0.717) is 5.41 Å². The standard InChI is InChI=1S/C15H30N2/c1-5-17-7-6-13(11-17)10-16-14-9-15(3,4)8-12(14)2/h12-14,16H,5-11H2,1-4H3. The third kappa shape index (κ3) is 3.45. The van der Waals surface area contributed by atoms with Crippen molar-refractivity contribution in [2.24, 2.45) is 17.3 Å². The lowest BCUT2D eigenvalue weighted by atomic mass is 9.91. The number of hydrogen-bond acceptors (Lipinski definition) is 2. The van der Waals surface area contributed by atoms with Crippen LogP contribution in [0.3, 0.4) is 0 Å². The van der Waals surface area contributed by atoms with Crippen LogP contribution in [0.2, 0.25) is 0 Å². The second kappa shape index (κ2) is 5.27. The lowest BCUT2D eigenvalue weighted by Crippen LogP contribution is -2.36. The molecule has 2 fully saturated rings. The highest BCUT2D eigenvalue weighted by Gasteiger charge is 2.36. The Balaban J connectivity index is 1.72. The van der Waals surface area contributed by atoms with Gasteiger partial charge in [-0.1, -0.05) is 27.7 Å². The molecule has 2 rings (SSSR count). The van der Waals surface area contributed by atoms with Crippen LogP contribution in [0.25, 0.3) is 0 Å². The second-order valence-corrected chi connectivity index (χ2v) is 7.11. The molecule has 3 atom stereocenters. The van der Waals surface area contributed by atoms with Gasteiger partial charge in [-0.15, -0.1) is 0 Å². The number of hydrogen-bond donors (Lipinski definition) is 1. The summed E-state index contributed by atoms with van der Waals surface area (Å²) in [5.41, 5.74) is 0.558. The first-order chi connectivity index (χ1) is 8.00. The van der Waals surface area contributed by atoms with Crippen LogP contribution in [0.1, 0.15) is 47.0 Å². The first-order valence-electron chi connectivity index (χ1n) is 7.46. The molecule has 2 heteroatoms. The SMILES string of the molecule is CCN1CCC(CNC2CC(C)(C)CC2C)C1. The molecule has 1 N–H and O–H groups in total. The predicted octanol–water partition coefficient (Wildman–Crippen LogP) is 2.74. The van der Waals surface area contributed by atoms with Crippen molar-refractivity contribution in [2.45, 2.75) is 53.0 Å². The molecular weight excluding hydrogens is 208 g/mol. The van der Waals surface area contributed by atoms with Gasteiger partial charge in [-0.25, -0.2) is 0 Å². The quantitative estimate of drug-likeness (QED) is 0.810. The molecule has 1 saturated heterocycles. The molecule has 1 aliphatic heterocycles. The van der Waals surface area contributed by atoms with Crippen molar-refractivity contribution < 1.29 is 0 Å². The van der Waals surface area contributed by atoms with E-state index in [-0.39, 0.29) is 0 Å². The maximum Gasteiger partial charge on any atom is 0.00980 e. The largest absolute Gasteiger partial charge is 0.313 e. The Morgan fingerprint density at radius 1 is 1.29 bits per heavy atom. The highest BCUT2D eigenvalue weighted by atomic mass is 15.1. The maximum absolute atomic E-state index is 3.85. The van der Waals surface area contributed by atoms with Crippen molar-refractivity contribution in [3.8, 4) is 0 Å². The van der Waals surface area contributed by atoms with Gasteiger partial charge in [0.05, 0.1) is 0 Å². The molecule has 0 radical (unpaired) electrons. The number of nitrogens with one attached hydrogen (secondary N) is 1.